The van der Waals surface area contributed by atoms with Gasteiger partial charge in [0.15, 0.2) is 0 Å². The summed E-state index contributed by atoms with van der Waals surface area (Å²) in [7, 11) is 0. The first-order chi connectivity index (χ1) is 9.90. The van der Waals surface area contributed by atoms with Gasteiger partial charge in [-0.1, -0.05) is 39.0 Å². The minimum atomic E-state index is -0.598. The maximum atomic E-state index is 11.1. The number of hydrogen-bond acceptors (Lipinski definition) is 4. The van der Waals surface area contributed by atoms with Crippen molar-refractivity contribution >= 4 is 5.91 Å². The van der Waals surface area contributed by atoms with E-state index in [9.17, 15) is 9.90 Å². The Morgan fingerprint density at radius 3 is 2.48 bits per heavy atom. The molecular weight excluding hydrogens is 268 g/mol. The van der Waals surface area contributed by atoms with Crippen LogP contribution in [0.5, 0.6) is 0 Å². The number of amides is 1. The summed E-state index contributed by atoms with van der Waals surface area (Å²) in [5.41, 5.74) is 4.68. The highest BCUT2D eigenvalue weighted by atomic mass is 16.5. The molecule has 5 nitrogen and oxygen atoms in total. The summed E-state index contributed by atoms with van der Waals surface area (Å²) in [5, 5.41) is 12.8. The van der Waals surface area contributed by atoms with Crippen molar-refractivity contribution in [1.29, 1.82) is 0 Å². The number of rotatable bonds is 14. The van der Waals surface area contributed by atoms with Crippen LogP contribution in [0.15, 0.2) is 0 Å². The average Bonchev–Trinajstić information content (AvgIpc) is 2.41. The van der Waals surface area contributed by atoms with Crippen LogP contribution in [0.3, 0.4) is 0 Å². The standard InChI is InChI=1S/C16H34N2O3/c1-4-5-6-7-8-9-10-21-12-14(19)11-18-13-16(2,3)15(17)20/h14,18-19H,4-13H2,1-3H3,(H2,17,20). The molecule has 0 aliphatic carbocycles. The van der Waals surface area contributed by atoms with E-state index in [4.69, 9.17) is 10.5 Å². The molecule has 0 spiro atoms. The van der Waals surface area contributed by atoms with E-state index in [1.807, 2.05) is 0 Å². The summed E-state index contributed by atoms with van der Waals surface area (Å²) >= 11 is 0. The number of primary amides is 1. The van der Waals surface area contributed by atoms with E-state index in [-0.39, 0.29) is 5.91 Å². The average molecular weight is 302 g/mol. The molecule has 1 amide bonds. The molecular formula is C16H34N2O3. The summed E-state index contributed by atoms with van der Waals surface area (Å²) < 4.78 is 5.45. The van der Waals surface area contributed by atoms with E-state index in [1.165, 1.54) is 32.1 Å². The molecule has 0 radical (unpaired) electrons. The predicted molar refractivity (Wildman–Crippen MR) is 86.0 cm³/mol. The zero-order chi connectivity index (χ0) is 16.1. The highest BCUT2D eigenvalue weighted by Crippen LogP contribution is 2.11. The Bertz CT molecular complexity index is 270. The van der Waals surface area contributed by atoms with E-state index in [0.29, 0.717) is 26.3 Å². The minimum Gasteiger partial charge on any atom is -0.389 e. The van der Waals surface area contributed by atoms with Gasteiger partial charge in [-0.15, -0.1) is 0 Å². The number of carbonyl (C=O) groups excluding carboxylic acids is 1. The van der Waals surface area contributed by atoms with Crippen molar-refractivity contribution in [2.75, 3.05) is 26.3 Å². The molecule has 126 valence electrons. The lowest BCUT2D eigenvalue weighted by Crippen LogP contribution is -2.43. The van der Waals surface area contributed by atoms with Crippen molar-refractivity contribution in [3.63, 3.8) is 0 Å². The monoisotopic (exact) mass is 302 g/mol. The molecule has 4 N–H and O–H groups in total. The van der Waals surface area contributed by atoms with E-state index in [0.717, 1.165) is 6.42 Å². The van der Waals surface area contributed by atoms with Crippen LogP contribution < -0.4 is 11.1 Å². The van der Waals surface area contributed by atoms with Crippen LogP contribution in [0.1, 0.15) is 59.3 Å². The SMILES string of the molecule is CCCCCCCCOCC(O)CNCC(C)(C)C(N)=O. The van der Waals surface area contributed by atoms with Crippen molar-refractivity contribution in [2.45, 2.75) is 65.4 Å². The topological polar surface area (TPSA) is 84.6 Å². The predicted octanol–water partition coefficient (Wildman–Crippen LogP) is 1.83. The van der Waals surface area contributed by atoms with Crippen LogP contribution in [0.4, 0.5) is 0 Å². The van der Waals surface area contributed by atoms with E-state index in [1.54, 1.807) is 13.8 Å². The maximum Gasteiger partial charge on any atom is 0.224 e. The Kier molecular flexibility index (Phi) is 11.6. The fraction of sp³-hybridized carbons (Fsp3) is 0.938. The first-order valence-corrected chi connectivity index (χ1v) is 8.16. The lowest BCUT2D eigenvalue weighted by molar-refractivity contribution is -0.125. The molecule has 0 aromatic rings. The third kappa shape index (κ3) is 11.7. The van der Waals surface area contributed by atoms with E-state index in [2.05, 4.69) is 12.2 Å². The molecule has 0 bridgehead atoms. The van der Waals surface area contributed by atoms with Gasteiger partial charge < -0.3 is 20.9 Å². The summed E-state index contributed by atoms with van der Waals surface area (Å²) in [6.07, 6.45) is 6.85. The van der Waals surface area contributed by atoms with Crippen LogP contribution in [-0.2, 0) is 9.53 Å². The Morgan fingerprint density at radius 2 is 1.86 bits per heavy atom. The number of hydrogen-bond donors (Lipinski definition) is 3. The minimum absolute atomic E-state index is 0.332. The van der Waals surface area contributed by atoms with Crippen LogP contribution in [0, 0.1) is 5.41 Å². The van der Waals surface area contributed by atoms with Gasteiger partial charge in [-0.25, -0.2) is 0 Å². The molecule has 1 atom stereocenters. The number of nitrogens with one attached hydrogen (secondary N) is 1. The summed E-state index contributed by atoms with van der Waals surface area (Å²) in [6, 6.07) is 0. The molecule has 0 saturated carbocycles. The summed E-state index contributed by atoms with van der Waals surface area (Å²) in [5.74, 6) is -0.344. The van der Waals surface area contributed by atoms with Crippen LogP contribution >= 0.6 is 0 Å². The molecule has 21 heavy (non-hydrogen) atoms. The number of ether oxygens (including phenoxy) is 1. The molecule has 0 fully saturated rings. The third-order valence-electron chi connectivity index (χ3n) is 3.57. The highest BCUT2D eigenvalue weighted by molar-refractivity contribution is 5.80. The maximum absolute atomic E-state index is 11.1. The van der Waals surface area contributed by atoms with Gasteiger partial charge in [0.2, 0.25) is 5.91 Å². The smallest absolute Gasteiger partial charge is 0.224 e. The van der Waals surface area contributed by atoms with Crippen molar-refractivity contribution in [1.82, 2.24) is 5.32 Å². The summed E-state index contributed by atoms with van der Waals surface area (Å²) in [6.45, 7) is 7.68. The first-order valence-electron chi connectivity index (χ1n) is 8.16. The normalized spacial score (nSPS) is 13.3. The second-order valence-corrected chi connectivity index (χ2v) is 6.38. The Balaban J connectivity index is 3.43. The Morgan fingerprint density at radius 1 is 1.24 bits per heavy atom. The lowest BCUT2D eigenvalue weighted by atomic mass is 9.93. The van der Waals surface area contributed by atoms with Gasteiger partial charge >= 0.3 is 0 Å². The van der Waals surface area contributed by atoms with Crippen LogP contribution in [0.25, 0.3) is 0 Å². The van der Waals surface area contributed by atoms with Gasteiger partial charge in [-0.2, -0.15) is 0 Å². The molecule has 0 saturated heterocycles. The zero-order valence-corrected chi connectivity index (χ0v) is 14.0. The lowest BCUT2D eigenvalue weighted by Gasteiger charge is -2.22. The fourth-order valence-corrected chi connectivity index (χ4v) is 1.90. The molecule has 0 aromatic heterocycles. The number of unbranched alkanes of at least 4 members (excludes halogenated alkanes) is 5. The van der Waals surface area contributed by atoms with E-state index < -0.39 is 11.5 Å². The van der Waals surface area contributed by atoms with Gasteiger partial charge in [0.1, 0.15) is 0 Å². The molecule has 0 aliphatic heterocycles. The largest absolute Gasteiger partial charge is 0.389 e. The highest BCUT2D eigenvalue weighted by Gasteiger charge is 2.24. The van der Waals surface area contributed by atoms with Crippen molar-refractivity contribution < 1.29 is 14.6 Å². The molecule has 1 unspecified atom stereocenters. The first kappa shape index (κ1) is 20.3. The van der Waals surface area contributed by atoms with Gasteiger partial charge in [0.25, 0.3) is 0 Å². The third-order valence-corrected chi connectivity index (χ3v) is 3.57. The Hall–Kier alpha value is -0.650. The van der Waals surface area contributed by atoms with Gasteiger partial charge in [-0.3, -0.25) is 4.79 Å². The van der Waals surface area contributed by atoms with Crippen LogP contribution in [-0.4, -0.2) is 43.4 Å². The molecule has 0 aliphatic rings. The number of aliphatic hydroxyl groups is 1. The second kappa shape index (κ2) is 12.0. The molecule has 0 aromatic carbocycles. The Labute approximate surface area is 129 Å². The van der Waals surface area contributed by atoms with E-state index >= 15 is 0 Å². The number of aliphatic hydroxyl groups excluding tert-OH is 1. The number of nitrogens with two attached hydrogens (primary N) is 1. The number of carbonyl (C=O) groups is 1. The molecule has 0 heterocycles. The van der Waals surface area contributed by atoms with Crippen molar-refractivity contribution in [3.8, 4) is 0 Å². The van der Waals surface area contributed by atoms with Gasteiger partial charge in [0.05, 0.1) is 18.1 Å². The molecule has 5 heteroatoms. The quantitative estimate of drug-likeness (QED) is 0.427. The molecule has 0 rings (SSSR count). The zero-order valence-electron chi connectivity index (χ0n) is 14.0. The van der Waals surface area contributed by atoms with Gasteiger partial charge in [0, 0.05) is 19.7 Å². The fourth-order valence-electron chi connectivity index (χ4n) is 1.90. The van der Waals surface area contributed by atoms with Crippen molar-refractivity contribution in [3.05, 3.63) is 0 Å². The van der Waals surface area contributed by atoms with Gasteiger partial charge in [-0.05, 0) is 20.3 Å². The van der Waals surface area contributed by atoms with Crippen molar-refractivity contribution in [2.24, 2.45) is 11.1 Å². The van der Waals surface area contributed by atoms with Crippen LogP contribution in [0.2, 0.25) is 0 Å². The summed E-state index contributed by atoms with van der Waals surface area (Å²) in [4.78, 5) is 11.1. The second-order valence-electron chi connectivity index (χ2n) is 6.38.